The van der Waals surface area contributed by atoms with Gasteiger partial charge in [0, 0.05) is 35.8 Å². The van der Waals surface area contributed by atoms with Crippen LogP contribution in [0.4, 0.5) is 14.5 Å². The van der Waals surface area contributed by atoms with Gasteiger partial charge >= 0.3 is 0 Å². The van der Waals surface area contributed by atoms with Gasteiger partial charge in [-0.25, -0.2) is 18.4 Å². The Hall–Kier alpha value is -2.57. The third-order valence-electron chi connectivity index (χ3n) is 4.09. The lowest BCUT2D eigenvalue weighted by atomic mass is 10.1. The van der Waals surface area contributed by atoms with Crippen molar-refractivity contribution in [2.75, 3.05) is 5.32 Å². The van der Waals surface area contributed by atoms with Gasteiger partial charge < -0.3 is 5.32 Å². The molecule has 1 N–H and O–H groups in total. The lowest BCUT2D eigenvalue weighted by molar-refractivity contribution is 0.441. The zero-order valence-electron chi connectivity index (χ0n) is 12.6. The Morgan fingerprint density at radius 2 is 2.17 bits per heavy atom. The van der Waals surface area contributed by atoms with Crippen LogP contribution in [0.2, 0.25) is 0 Å². The average Bonchev–Trinajstić information content (AvgIpc) is 2.87. The molecule has 118 valence electrons. The van der Waals surface area contributed by atoms with Crippen molar-refractivity contribution in [3.8, 4) is 0 Å². The number of halogens is 2. The topological polar surface area (TPSA) is 55.6 Å². The number of fused-ring (bicyclic) bond motifs is 2. The molecule has 0 spiro atoms. The van der Waals surface area contributed by atoms with E-state index in [4.69, 9.17) is 0 Å². The highest BCUT2D eigenvalue weighted by molar-refractivity contribution is 5.91. The van der Waals surface area contributed by atoms with E-state index in [-0.39, 0.29) is 11.6 Å². The zero-order valence-corrected chi connectivity index (χ0v) is 12.6. The number of rotatable bonds is 2. The second-order valence-corrected chi connectivity index (χ2v) is 5.78. The number of aryl methyl sites for hydroxylation is 2. The predicted octanol–water partition coefficient (Wildman–Crippen LogP) is 2.84. The van der Waals surface area contributed by atoms with Gasteiger partial charge in [0.15, 0.2) is 5.82 Å². The number of hydrogen-bond donors (Lipinski definition) is 1. The lowest BCUT2D eigenvalue weighted by Crippen LogP contribution is -2.32. The molecule has 5 nitrogen and oxygen atoms in total. The van der Waals surface area contributed by atoms with E-state index in [9.17, 15) is 8.78 Å². The fourth-order valence-electron chi connectivity index (χ4n) is 3.08. The summed E-state index contributed by atoms with van der Waals surface area (Å²) < 4.78 is 29.3. The molecule has 0 aliphatic carbocycles. The number of pyridine rings is 1. The van der Waals surface area contributed by atoms with E-state index in [2.05, 4.69) is 20.4 Å². The summed E-state index contributed by atoms with van der Waals surface area (Å²) in [5, 5.41) is 8.18. The second kappa shape index (κ2) is 5.26. The Labute approximate surface area is 131 Å². The van der Waals surface area contributed by atoms with Crippen molar-refractivity contribution in [2.45, 2.75) is 32.4 Å². The molecule has 0 radical (unpaired) electrons. The van der Waals surface area contributed by atoms with Gasteiger partial charge in [-0.2, -0.15) is 5.10 Å². The smallest absolute Gasteiger partial charge is 0.152 e. The Bertz CT molecular complexity index is 890. The van der Waals surface area contributed by atoms with Crippen molar-refractivity contribution in [2.24, 2.45) is 0 Å². The average molecular weight is 315 g/mol. The highest BCUT2D eigenvalue weighted by atomic mass is 19.1. The first-order chi connectivity index (χ1) is 11.1. The van der Waals surface area contributed by atoms with Gasteiger partial charge in [0.2, 0.25) is 0 Å². The van der Waals surface area contributed by atoms with Crippen LogP contribution in [0, 0.1) is 18.6 Å². The van der Waals surface area contributed by atoms with Crippen molar-refractivity contribution < 1.29 is 8.78 Å². The van der Waals surface area contributed by atoms with Crippen molar-refractivity contribution in [1.29, 1.82) is 0 Å². The third kappa shape index (κ3) is 2.52. The van der Waals surface area contributed by atoms with E-state index in [0.29, 0.717) is 17.6 Å². The Morgan fingerprint density at radius 1 is 1.30 bits per heavy atom. The molecule has 0 fully saturated rings. The maximum Gasteiger partial charge on any atom is 0.152 e. The van der Waals surface area contributed by atoms with E-state index in [0.717, 1.165) is 30.6 Å². The minimum atomic E-state index is -0.651. The van der Waals surface area contributed by atoms with E-state index in [1.807, 2.05) is 11.6 Å². The fourth-order valence-corrected chi connectivity index (χ4v) is 3.08. The highest BCUT2D eigenvalue weighted by Gasteiger charge is 2.21. The van der Waals surface area contributed by atoms with Gasteiger partial charge in [0.25, 0.3) is 0 Å². The summed E-state index contributed by atoms with van der Waals surface area (Å²) in [5.41, 5.74) is 0.850. The van der Waals surface area contributed by atoms with Crippen LogP contribution in [0.3, 0.4) is 0 Å². The van der Waals surface area contributed by atoms with Crippen LogP contribution in [0.25, 0.3) is 10.9 Å². The number of aromatic nitrogens is 4. The summed E-state index contributed by atoms with van der Waals surface area (Å²) in [6, 6.07) is 4.02. The predicted molar refractivity (Wildman–Crippen MR) is 82.1 cm³/mol. The fraction of sp³-hybridized carbons (Fsp3) is 0.312. The normalized spacial score (nSPS) is 17.3. The van der Waals surface area contributed by atoms with E-state index >= 15 is 0 Å². The summed E-state index contributed by atoms with van der Waals surface area (Å²) in [5.74, 6) is 0.488. The third-order valence-corrected chi connectivity index (χ3v) is 4.09. The van der Waals surface area contributed by atoms with Crippen LogP contribution in [0.1, 0.15) is 18.1 Å². The molecule has 1 aliphatic heterocycles. The molecule has 23 heavy (non-hydrogen) atoms. The van der Waals surface area contributed by atoms with Gasteiger partial charge in [-0.3, -0.25) is 4.98 Å². The van der Waals surface area contributed by atoms with Crippen LogP contribution in [-0.4, -0.2) is 25.8 Å². The summed E-state index contributed by atoms with van der Waals surface area (Å²) in [7, 11) is 0. The molecule has 1 aromatic carbocycles. The minimum absolute atomic E-state index is 0.125. The maximum atomic E-state index is 13.9. The monoisotopic (exact) mass is 315 g/mol. The Kier molecular flexibility index (Phi) is 3.21. The van der Waals surface area contributed by atoms with Crippen LogP contribution < -0.4 is 5.32 Å². The molecule has 0 saturated carbocycles. The number of anilines is 1. The number of benzene rings is 1. The highest BCUT2D eigenvalue weighted by Crippen LogP contribution is 2.27. The Morgan fingerprint density at radius 3 is 3.04 bits per heavy atom. The van der Waals surface area contributed by atoms with Gasteiger partial charge in [-0.15, -0.1) is 0 Å². The largest absolute Gasteiger partial charge is 0.380 e. The summed E-state index contributed by atoms with van der Waals surface area (Å²) in [4.78, 5) is 8.39. The molecule has 3 aromatic rings. The number of nitrogens with one attached hydrogen (secondary N) is 1. The first kappa shape index (κ1) is 14.0. The second-order valence-electron chi connectivity index (χ2n) is 5.78. The molecule has 0 amide bonds. The number of nitrogens with zero attached hydrogens (tertiary/aromatic N) is 4. The molecule has 1 unspecified atom stereocenters. The first-order valence-electron chi connectivity index (χ1n) is 7.51. The molecule has 2 aromatic heterocycles. The van der Waals surface area contributed by atoms with Crippen LogP contribution in [0.15, 0.2) is 24.4 Å². The SMILES string of the molecule is Cc1nc2n(n1)CC(Nc1ccnc3c(F)cc(F)cc13)CC2. The van der Waals surface area contributed by atoms with Crippen molar-refractivity contribution in [3.63, 3.8) is 0 Å². The van der Waals surface area contributed by atoms with Gasteiger partial charge in [0.05, 0.1) is 6.54 Å². The standard InChI is InChI=1S/C16H15F2N5/c1-9-20-15-3-2-11(8-23(15)22-9)21-14-4-5-19-16-12(14)6-10(17)7-13(16)18/h4-7,11H,2-3,8H2,1H3,(H,19,21). The summed E-state index contributed by atoms with van der Waals surface area (Å²) in [6.07, 6.45) is 3.24. The van der Waals surface area contributed by atoms with Crippen molar-refractivity contribution in [1.82, 2.24) is 19.7 Å². The molecule has 1 aliphatic rings. The van der Waals surface area contributed by atoms with Crippen molar-refractivity contribution >= 4 is 16.6 Å². The molecular weight excluding hydrogens is 300 g/mol. The van der Waals surface area contributed by atoms with Crippen molar-refractivity contribution in [3.05, 3.63) is 47.7 Å². The summed E-state index contributed by atoms with van der Waals surface area (Å²) >= 11 is 0. The van der Waals surface area contributed by atoms with E-state index in [1.165, 1.54) is 12.3 Å². The molecule has 4 rings (SSSR count). The first-order valence-corrected chi connectivity index (χ1v) is 7.51. The molecular formula is C16H15F2N5. The van der Waals surface area contributed by atoms with Crippen LogP contribution in [-0.2, 0) is 13.0 Å². The van der Waals surface area contributed by atoms with Crippen LogP contribution in [0.5, 0.6) is 0 Å². The minimum Gasteiger partial charge on any atom is -0.380 e. The van der Waals surface area contributed by atoms with Gasteiger partial charge in [-0.05, 0) is 25.5 Å². The maximum absolute atomic E-state index is 13.9. The van der Waals surface area contributed by atoms with E-state index < -0.39 is 11.6 Å². The molecule has 3 heterocycles. The quantitative estimate of drug-likeness (QED) is 0.790. The number of hydrogen-bond acceptors (Lipinski definition) is 4. The van der Waals surface area contributed by atoms with Crippen LogP contribution >= 0.6 is 0 Å². The Balaban J connectivity index is 1.66. The van der Waals surface area contributed by atoms with E-state index in [1.54, 1.807) is 6.07 Å². The molecule has 0 saturated heterocycles. The van der Waals surface area contributed by atoms with Gasteiger partial charge in [-0.1, -0.05) is 0 Å². The molecule has 0 bridgehead atoms. The summed E-state index contributed by atoms with van der Waals surface area (Å²) in [6.45, 7) is 2.55. The zero-order chi connectivity index (χ0) is 16.0. The molecule has 7 heteroatoms. The molecule has 1 atom stereocenters. The van der Waals surface area contributed by atoms with Gasteiger partial charge in [0.1, 0.15) is 23.0 Å². The lowest BCUT2D eigenvalue weighted by Gasteiger charge is -2.25.